The van der Waals surface area contributed by atoms with E-state index in [2.05, 4.69) is 10.6 Å². The Kier molecular flexibility index (Phi) is 4.73. The Bertz CT molecular complexity index is 262. The van der Waals surface area contributed by atoms with Crippen molar-refractivity contribution in [2.75, 3.05) is 27.2 Å². The van der Waals surface area contributed by atoms with Crippen molar-refractivity contribution in [1.82, 2.24) is 15.5 Å². The van der Waals surface area contributed by atoms with Crippen LogP contribution in [0.15, 0.2) is 0 Å². The maximum atomic E-state index is 11.9. The Morgan fingerprint density at radius 3 is 2.75 bits per heavy atom. The smallest absolute Gasteiger partial charge is 0.239 e. The van der Waals surface area contributed by atoms with E-state index in [1.807, 2.05) is 6.92 Å². The van der Waals surface area contributed by atoms with Gasteiger partial charge in [0, 0.05) is 20.6 Å². The van der Waals surface area contributed by atoms with Crippen LogP contribution in [0.3, 0.4) is 0 Å². The van der Waals surface area contributed by atoms with Crippen molar-refractivity contribution < 1.29 is 9.59 Å². The highest BCUT2D eigenvalue weighted by atomic mass is 16.2. The fraction of sp³-hybridized carbons (Fsp3) is 0.818. The zero-order chi connectivity index (χ0) is 12.1. The molecule has 1 fully saturated rings. The van der Waals surface area contributed by atoms with Gasteiger partial charge in [-0.2, -0.15) is 0 Å². The van der Waals surface area contributed by atoms with Gasteiger partial charge in [0.05, 0.1) is 12.0 Å². The highest BCUT2D eigenvalue weighted by molar-refractivity contribution is 5.83. The molecule has 2 atom stereocenters. The van der Waals surface area contributed by atoms with Crippen molar-refractivity contribution in [1.29, 1.82) is 0 Å². The van der Waals surface area contributed by atoms with Crippen LogP contribution in [0.5, 0.6) is 0 Å². The molecular weight excluding hydrogens is 206 g/mol. The SMILES string of the molecule is CNC(=O)C(C)CN(C)C(=O)C1CCCN1. The molecular formula is C11H21N3O2. The van der Waals surface area contributed by atoms with Crippen molar-refractivity contribution in [3.8, 4) is 0 Å². The minimum Gasteiger partial charge on any atom is -0.359 e. The molecule has 1 aliphatic heterocycles. The van der Waals surface area contributed by atoms with Crippen molar-refractivity contribution in [3.05, 3.63) is 0 Å². The van der Waals surface area contributed by atoms with Crippen LogP contribution in [0, 0.1) is 5.92 Å². The number of likely N-dealkylation sites (N-methyl/N-ethyl adjacent to an activating group) is 1. The molecule has 5 heteroatoms. The van der Waals surface area contributed by atoms with Crippen molar-refractivity contribution >= 4 is 11.8 Å². The fourth-order valence-electron chi connectivity index (χ4n) is 1.99. The van der Waals surface area contributed by atoms with Gasteiger partial charge in [0.1, 0.15) is 0 Å². The molecule has 1 saturated heterocycles. The first-order valence-corrected chi connectivity index (χ1v) is 5.76. The number of carbonyl (C=O) groups excluding carboxylic acids is 2. The molecule has 0 bridgehead atoms. The summed E-state index contributed by atoms with van der Waals surface area (Å²) in [7, 11) is 3.36. The highest BCUT2D eigenvalue weighted by Gasteiger charge is 2.26. The lowest BCUT2D eigenvalue weighted by molar-refractivity contribution is -0.133. The molecule has 0 aromatic rings. The zero-order valence-electron chi connectivity index (χ0n) is 10.2. The van der Waals surface area contributed by atoms with Gasteiger partial charge in [0.15, 0.2) is 0 Å². The van der Waals surface area contributed by atoms with Crippen LogP contribution in [0.4, 0.5) is 0 Å². The lowest BCUT2D eigenvalue weighted by Gasteiger charge is -2.23. The summed E-state index contributed by atoms with van der Waals surface area (Å²) in [6.07, 6.45) is 1.95. The molecule has 2 N–H and O–H groups in total. The third kappa shape index (κ3) is 3.20. The summed E-state index contributed by atoms with van der Waals surface area (Å²) in [5, 5.41) is 5.75. The first-order chi connectivity index (χ1) is 7.56. The number of hydrogen-bond donors (Lipinski definition) is 2. The van der Waals surface area contributed by atoms with E-state index in [0.29, 0.717) is 6.54 Å². The first-order valence-electron chi connectivity index (χ1n) is 5.76. The van der Waals surface area contributed by atoms with E-state index in [1.165, 1.54) is 0 Å². The van der Waals surface area contributed by atoms with Crippen LogP contribution in [0.2, 0.25) is 0 Å². The Hall–Kier alpha value is -1.10. The lowest BCUT2D eigenvalue weighted by atomic mass is 10.1. The molecule has 2 amide bonds. The van der Waals surface area contributed by atoms with Crippen molar-refractivity contribution in [3.63, 3.8) is 0 Å². The lowest BCUT2D eigenvalue weighted by Crippen LogP contribution is -2.45. The highest BCUT2D eigenvalue weighted by Crippen LogP contribution is 2.09. The van der Waals surface area contributed by atoms with Crippen LogP contribution >= 0.6 is 0 Å². The van der Waals surface area contributed by atoms with Gasteiger partial charge in [-0.15, -0.1) is 0 Å². The quantitative estimate of drug-likeness (QED) is 0.685. The van der Waals surface area contributed by atoms with Gasteiger partial charge in [-0.3, -0.25) is 9.59 Å². The molecule has 0 aromatic carbocycles. The van der Waals surface area contributed by atoms with E-state index >= 15 is 0 Å². The van der Waals surface area contributed by atoms with Gasteiger partial charge in [-0.05, 0) is 19.4 Å². The summed E-state index contributed by atoms with van der Waals surface area (Å²) in [5.74, 6) is -0.104. The fourth-order valence-corrected chi connectivity index (χ4v) is 1.99. The van der Waals surface area contributed by atoms with E-state index in [4.69, 9.17) is 0 Å². The normalized spacial score (nSPS) is 21.6. The second-order valence-corrected chi connectivity index (χ2v) is 4.38. The summed E-state index contributed by atoms with van der Waals surface area (Å²) in [4.78, 5) is 24.9. The third-order valence-electron chi connectivity index (χ3n) is 2.98. The average Bonchev–Trinajstić information content (AvgIpc) is 2.79. The second kappa shape index (κ2) is 5.84. The summed E-state index contributed by atoms with van der Waals surface area (Å²) in [6.45, 7) is 3.20. The van der Waals surface area contributed by atoms with Crippen LogP contribution < -0.4 is 10.6 Å². The average molecular weight is 227 g/mol. The van der Waals surface area contributed by atoms with Crippen LogP contribution in [0.1, 0.15) is 19.8 Å². The summed E-state index contributed by atoms with van der Waals surface area (Å²) in [6, 6.07) is -0.0538. The predicted octanol–water partition coefficient (Wildman–Crippen LogP) is -0.421. The Morgan fingerprint density at radius 1 is 1.56 bits per heavy atom. The zero-order valence-corrected chi connectivity index (χ0v) is 10.2. The molecule has 0 spiro atoms. The summed E-state index contributed by atoms with van der Waals surface area (Å²) < 4.78 is 0. The van der Waals surface area contributed by atoms with E-state index in [-0.39, 0.29) is 23.8 Å². The Labute approximate surface area is 96.6 Å². The molecule has 1 rings (SSSR count). The number of nitrogens with one attached hydrogen (secondary N) is 2. The molecule has 92 valence electrons. The summed E-state index contributed by atoms with van der Waals surface area (Å²) >= 11 is 0. The molecule has 1 aliphatic rings. The standard InChI is InChI=1S/C11H21N3O2/c1-8(10(15)12-2)7-14(3)11(16)9-5-4-6-13-9/h8-9,13H,4-7H2,1-3H3,(H,12,15). The third-order valence-corrected chi connectivity index (χ3v) is 2.98. The molecule has 5 nitrogen and oxygen atoms in total. The molecule has 0 aromatic heterocycles. The van der Waals surface area contributed by atoms with E-state index in [9.17, 15) is 9.59 Å². The maximum absolute atomic E-state index is 11.9. The Balaban J connectivity index is 2.41. The number of rotatable bonds is 4. The van der Waals surface area contributed by atoms with Gasteiger partial charge in [0.25, 0.3) is 0 Å². The maximum Gasteiger partial charge on any atom is 0.239 e. The molecule has 16 heavy (non-hydrogen) atoms. The summed E-state index contributed by atoms with van der Waals surface area (Å²) in [5.41, 5.74) is 0. The van der Waals surface area contributed by atoms with Gasteiger partial charge < -0.3 is 15.5 Å². The first kappa shape index (κ1) is 13.0. The van der Waals surface area contributed by atoms with Crippen molar-refractivity contribution in [2.24, 2.45) is 5.92 Å². The number of amides is 2. The van der Waals surface area contributed by atoms with Crippen LogP contribution in [-0.2, 0) is 9.59 Å². The molecule has 1 heterocycles. The predicted molar refractivity (Wildman–Crippen MR) is 61.9 cm³/mol. The monoisotopic (exact) mass is 227 g/mol. The molecule has 2 unspecified atom stereocenters. The van der Waals surface area contributed by atoms with E-state index in [1.54, 1.807) is 19.0 Å². The van der Waals surface area contributed by atoms with E-state index < -0.39 is 0 Å². The van der Waals surface area contributed by atoms with E-state index in [0.717, 1.165) is 19.4 Å². The van der Waals surface area contributed by atoms with Gasteiger partial charge in [-0.25, -0.2) is 0 Å². The minimum absolute atomic E-state index is 0.0287. The Morgan fingerprint density at radius 2 is 2.25 bits per heavy atom. The van der Waals surface area contributed by atoms with Gasteiger partial charge in [0.2, 0.25) is 11.8 Å². The van der Waals surface area contributed by atoms with Crippen molar-refractivity contribution in [2.45, 2.75) is 25.8 Å². The van der Waals surface area contributed by atoms with Crippen LogP contribution in [0.25, 0.3) is 0 Å². The topological polar surface area (TPSA) is 61.4 Å². The number of nitrogens with zero attached hydrogens (tertiary/aromatic N) is 1. The van der Waals surface area contributed by atoms with Crippen LogP contribution in [-0.4, -0.2) is 49.9 Å². The molecule has 0 saturated carbocycles. The minimum atomic E-state index is -0.166. The molecule has 0 radical (unpaired) electrons. The van der Waals surface area contributed by atoms with Gasteiger partial charge >= 0.3 is 0 Å². The molecule has 0 aliphatic carbocycles. The number of hydrogen-bond acceptors (Lipinski definition) is 3. The number of carbonyl (C=O) groups is 2. The second-order valence-electron chi connectivity index (χ2n) is 4.38. The largest absolute Gasteiger partial charge is 0.359 e. The van der Waals surface area contributed by atoms with Gasteiger partial charge in [-0.1, -0.05) is 6.92 Å².